The lowest BCUT2D eigenvalue weighted by molar-refractivity contribution is -0.0953. The summed E-state index contributed by atoms with van der Waals surface area (Å²) in [5, 5.41) is 0. The number of benzene rings is 2. The Hall–Kier alpha value is -3.26. The highest BCUT2D eigenvalue weighted by Gasteiger charge is 2.56. The second-order valence-electron chi connectivity index (χ2n) is 7.12. The van der Waals surface area contributed by atoms with Gasteiger partial charge in [0.05, 0.1) is 0 Å². The Labute approximate surface area is 159 Å². The van der Waals surface area contributed by atoms with Gasteiger partial charge < -0.3 is 23.7 Å². The second kappa shape index (κ2) is 5.17. The predicted octanol–water partition coefficient (Wildman–Crippen LogP) is 1.84. The zero-order valence-electron chi connectivity index (χ0n) is 14.9. The second-order valence-corrected chi connectivity index (χ2v) is 7.12. The van der Waals surface area contributed by atoms with Crippen LogP contribution in [0.1, 0.15) is 31.8 Å². The van der Waals surface area contributed by atoms with Gasteiger partial charge >= 0.3 is 5.97 Å². The number of ketones is 1. The highest BCUT2D eigenvalue weighted by Crippen LogP contribution is 2.49. The van der Waals surface area contributed by atoms with E-state index in [2.05, 4.69) is 0 Å². The van der Waals surface area contributed by atoms with Gasteiger partial charge in [0.2, 0.25) is 19.4 Å². The molecule has 4 aliphatic heterocycles. The molecule has 8 nitrogen and oxygen atoms in total. The monoisotopic (exact) mass is 381 g/mol. The van der Waals surface area contributed by atoms with Crippen LogP contribution in [0.5, 0.6) is 23.0 Å². The highest BCUT2D eigenvalue weighted by atomic mass is 16.7. The van der Waals surface area contributed by atoms with Crippen LogP contribution in [0.25, 0.3) is 0 Å². The number of rotatable bonds is 0. The van der Waals surface area contributed by atoms with Gasteiger partial charge in [-0.15, -0.1) is 0 Å². The van der Waals surface area contributed by atoms with Gasteiger partial charge in [0.1, 0.15) is 5.56 Å². The zero-order valence-corrected chi connectivity index (χ0v) is 14.9. The van der Waals surface area contributed by atoms with Crippen molar-refractivity contribution >= 4 is 11.8 Å². The predicted molar refractivity (Wildman–Crippen MR) is 92.9 cm³/mol. The fraction of sp³-hybridized carbons (Fsp3) is 0.300. The zero-order chi connectivity index (χ0) is 19.0. The van der Waals surface area contributed by atoms with Gasteiger partial charge in [-0.2, -0.15) is 0 Å². The van der Waals surface area contributed by atoms with Crippen molar-refractivity contribution < 1.29 is 33.3 Å². The van der Waals surface area contributed by atoms with Gasteiger partial charge in [-0.3, -0.25) is 9.69 Å². The molecule has 0 unspecified atom stereocenters. The third-order valence-electron chi connectivity index (χ3n) is 5.75. The van der Waals surface area contributed by atoms with Crippen LogP contribution in [-0.4, -0.2) is 43.8 Å². The largest absolute Gasteiger partial charge is 0.454 e. The molecule has 4 aliphatic rings. The van der Waals surface area contributed by atoms with Crippen LogP contribution < -0.4 is 18.9 Å². The van der Waals surface area contributed by atoms with E-state index in [1.165, 1.54) is 0 Å². The van der Waals surface area contributed by atoms with Crippen LogP contribution in [0.2, 0.25) is 0 Å². The number of carbonyl (C=O) groups excluding carboxylic acids is 2. The average Bonchev–Trinajstić information content (AvgIpc) is 3.35. The minimum absolute atomic E-state index is 0.00458. The first kappa shape index (κ1) is 15.8. The minimum atomic E-state index is -1.55. The summed E-state index contributed by atoms with van der Waals surface area (Å²) in [7, 11) is 1.77. The lowest BCUT2D eigenvalue weighted by Crippen LogP contribution is -2.58. The van der Waals surface area contributed by atoms with Gasteiger partial charge in [-0.05, 0) is 43.3 Å². The number of nitrogens with zero attached hydrogens (tertiary/aromatic N) is 1. The molecule has 0 saturated carbocycles. The van der Waals surface area contributed by atoms with E-state index in [1.54, 1.807) is 30.1 Å². The smallest absolute Gasteiger partial charge is 0.345 e. The number of ether oxygens (including phenoxy) is 5. The summed E-state index contributed by atoms with van der Waals surface area (Å²) in [5.74, 6) is 0.929. The molecule has 8 heteroatoms. The van der Waals surface area contributed by atoms with Crippen molar-refractivity contribution in [2.75, 3.05) is 27.2 Å². The van der Waals surface area contributed by atoms with Crippen LogP contribution in [0.3, 0.4) is 0 Å². The third-order valence-corrected chi connectivity index (χ3v) is 5.75. The Morgan fingerprint density at radius 1 is 0.964 bits per heavy atom. The van der Waals surface area contributed by atoms with E-state index in [1.807, 2.05) is 6.07 Å². The molecule has 1 spiro atoms. The average molecular weight is 381 g/mol. The number of hydrogen-bond donors (Lipinski definition) is 0. The van der Waals surface area contributed by atoms with Crippen molar-refractivity contribution in [1.29, 1.82) is 0 Å². The van der Waals surface area contributed by atoms with Gasteiger partial charge in [0.15, 0.2) is 23.0 Å². The van der Waals surface area contributed by atoms with Crippen molar-refractivity contribution in [3.05, 3.63) is 46.5 Å². The van der Waals surface area contributed by atoms with Crippen molar-refractivity contribution in [3.8, 4) is 23.0 Å². The van der Waals surface area contributed by atoms with E-state index >= 15 is 0 Å². The number of fused-ring (bicyclic) bond motifs is 6. The lowest BCUT2D eigenvalue weighted by Gasteiger charge is -2.46. The molecule has 0 aliphatic carbocycles. The maximum atomic E-state index is 13.7. The number of hydrogen-bond acceptors (Lipinski definition) is 8. The molecule has 0 N–H and O–H groups in total. The number of carbonyl (C=O) groups is 2. The molecule has 0 amide bonds. The Kier molecular flexibility index (Phi) is 2.91. The van der Waals surface area contributed by atoms with E-state index in [0.717, 1.165) is 5.56 Å². The summed E-state index contributed by atoms with van der Waals surface area (Å²) in [6.07, 6.45) is 0.697. The molecule has 6 rings (SSSR count). The van der Waals surface area contributed by atoms with E-state index in [-0.39, 0.29) is 36.2 Å². The standard InChI is InChI=1S/C20H15NO7/c1-21-5-4-10-6-14-15(26-8-25-14)7-12(10)20(21)18(22)11-2-3-13-17(27-9-24-13)16(11)19(23)28-20/h2-3,6-7H,4-5,8-9H2,1H3/t20-/m0/s1. The van der Waals surface area contributed by atoms with Crippen LogP contribution in [-0.2, 0) is 16.9 Å². The highest BCUT2D eigenvalue weighted by molar-refractivity contribution is 6.16. The summed E-state index contributed by atoms with van der Waals surface area (Å²) in [6, 6.07) is 6.86. The Balaban J connectivity index is 1.59. The normalized spacial score (nSPS) is 24.2. The Morgan fingerprint density at radius 2 is 1.71 bits per heavy atom. The molecule has 0 saturated heterocycles. The fourth-order valence-corrected chi connectivity index (χ4v) is 4.36. The van der Waals surface area contributed by atoms with E-state index in [0.29, 0.717) is 35.8 Å². The minimum Gasteiger partial charge on any atom is -0.454 e. The Bertz CT molecular complexity index is 1080. The fourth-order valence-electron chi connectivity index (χ4n) is 4.36. The Morgan fingerprint density at radius 3 is 2.57 bits per heavy atom. The van der Waals surface area contributed by atoms with Crippen LogP contribution in [0, 0.1) is 0 Å². The SMILES string of the molecule is CN1CCc2cc3c(cc2[C@@]12OC(=O)c1c(ccc4c1OCO4)C2=O)OCO3. The van der Waals surface area contributed by atoms with E-state index in [9.17, 15) is 9.59 Å². The van der Waals surface area contributed by atoms with Crippen LogP contribution in [0.4, 0.5) is 0 Å². The van der Waals surface area contributed by atoms with Crippen molar-refractivity contribution in [2.45, 2.75) is 12.1 Å². The molecule has 2 aromatic carbocycles. The van der Waals surface area contributed by atoms with E-state index in [4.69, 9.17) is 23.7 Å². The molecule has 4 heterocycles. The van der Waals surface area contributed by atoms with Crippen LogP contribution >= 0.6 is 0 Å². The van der Waals surface area contributed by atoms with E-state index < -0.39 is 11.7 Å². The summed E-state index contributed by atoms with van der Waals surface area (Å²) in [5.41, 5.74) is 0.330. The maximum absolute atomic E-state index is 13.7. The number of Topliss-reactive ketones (excluding diaryl/α,β-unsaturated/α-hetero) is 1. The summed E-state index contributed by atoms with van der Waals surface area (Å²) in [4.78, 5) is 28.6. The molecule has 0 radical (unpaired) electrons. The van der Waals surface area contributed by atoms with Gasteiger partial charge in [-0.25, -0.2) is 4.79 Å². The third kappa shape index (κ3) is 1.78. The molecule has 0 aromatic heterocycles. The lowest BCUT2D eigenvalue weighted by atomic mass is 9.81. The first-order chi connectivity index (χ1) is 13.6. The van der Waals surface area contributed by atoms with Gasteiger partial charge in [-0.1, -0.05) is 0 Å². The van der Waals surface area contributed by atoms with Crippen molar-refractivity contribution in [3.63, 3.8) is 0 Å². The topological polar surface area (TPSA) is 83.5 Å². The molecule has 0 bridgehead atoms. The molecular formula is C20H15NO7. The maximum Gasteiger partial charge on any atom is 0.345 e. The van der Waals surface area contributed by atoms with Gasteiger partial charge in [0, 0.05) is 17.7 Å². The molecule has 1 atom stereocenters. The summed E-state index contributed by atoms with van der Waals surface area (Å²) >= 11 is 0. The number of esters is 1. The molecular weight excluding hydrogens is 366 g/mol. The molecule has 2 aromatic rings. The molecule has 28 heavy (non-hydrogen) atoms. The van der Waals surface area contributed by atoms with Crippen LogP contribution in [0.15, 0.2) is 24.3 Å². The first-order valence-electron chi connectivity index (χ1n) is 8.94. The quantitative estimate of drug-likeness (QED) is 0.640. The summed E-state index contributed by atoms with van der Waals surface area (Å²) in [6.45, 7) is 0.678. The van der Waals surface area contributed by atoms with Crippen molar-refractivity contribution in [1.82, 2.24) is 4.90 Å². The summed E-state index contributed by atoms with van der Waals surface area (Å²) < 4.78 is 27.6. The molecule has 142 valence electrons. The number of likely N-dealkylation sites (N-methyl/N-ethyl adjacent to an activating group) is 1. The van der Waals surface area contributed by atoms with Crippen molar-refractivity contribution in [2.24, 2.45) is 0 Å². The van der Waals surface area contributed by atoms with Gasteiger partial charge in [0.25, 0.3) is 5.72 Å². The molecule has 0 fully saturated rings. The first-order valence-corrected chi connectivity index (χ1v) is 8.94.